The number of nitrogens with zero attached hydrogens (tertiary/aromatic N) is 2. The summed E-state index contributed by atoms with van der Waals surface area (Å²) in [4.78, 5) is 36.8. The van der Waals surface area contributed by atoms with Gasteiger partial charge in [0.2, 0.25) is 5.95 Å². The van der Waals surface area contributed by atoms with Crippen LogP contribution in [0.3, 0.4) is 0 Å². The van der Waals surface area contributed by atoms with Crippen LogP contribution in [0.2, 0.25) is 0 Å². The Balaban J connectivity index is 2.02. The van der Waals surface area contributed by atoms with E-state index in [9.17, 15) is 9.59 Å². The maximum absolute atomic E-state index is 12.2. The number of hydrogen-bond donors (Lipinski definition) is 4. The number of primary amides is 1. The average molecular weight is 270 g/mol. The molecule has 0 unspecified atom stereocenters. The van der Waals surface area contributed by atoms with Crippen molar-refractivity contribution in [2.45, 2.75) is 0 Å². The molecule has 0 fully saturated rings. The molecule has 2 heterocycles. The maximum atomic E-state index is 12.2. The molecule has 3 aromatic rings. The molecule has 8 nitrogen and oxygen atoms in total. The maximum Gasteiger partial charge on any atom is 0.284 e. The lowest BCUT2D eigenvalue weighted by atomic mass is 10.2. The third-order valence-electron chi connectivity index (χ3n) is 2.72. The van der Waals surface area contributed by atoms with Crippen molar-refractivity contribution in [1.29, 1.82) is 0 Å². The number of nitrogens with one attached hydrogen (secondary N) is 3. The highest BCUT2D eigenvalue weighted by Gasteiger charge is 2.16. The molecule has 0 aliphatic heterocycles. The Labute approximate surface area is 112 Å². The molecule has 0 aliphatic rings. The number of carbonyl (C=O) groups excluding carboxylic acids is 2. The van der Waals surface area contributed by atoms with Crippen molar-refractivity contribution in [3.8, 4) is 0 Å². The van der Waals surface area contributed by atoms with Gasteiger partial charge in [-0.25, -0.2) is 9.97 Å². The lowest BCUT2D eigenvalue weighted by Gasteiger charge is -2.02. The second-order valence-corrected chi connectivity index (χ2v) is 4.04. The monoisotopic (exact) mass is 270 g/mol. The average Bonchev–Trinajstić information content (AvgIpc) is 3.05. The van der Waals surface area contributed by atoms with Gasteiger partial charge in [-0.1, -0.05) is 6.07 Å². The smallest absolute Gasteiger partial charge is 0.284 e. The fourth-order valence-corrected chi connectivity index (χ4v) is 1.84. The fraction of sp³-hybridized carbons (Fsp3) is 0. The predicted octanol–water partition coefficient (Wildman–Crippen LogP) is 0.637. The number of anilines is 1. The molecule has 0 radical (unpaired) electrons. The molecule has 0 saturated carbocycles. The van der Waals surface area contributed by atoms with Gasteiger partial charge in [-0.15, -0.1) is 0 Å². The zero-order valence-corrected chi connectivity index (χ0v) is 10.2. The number of fused-ring (bicyclic) bond motifs is 1. The number of aromatic nitrogens is 4. The van der Waals surface area contributed by atoms with Crippen molar-refractivity contribution >= 4 is 28.8 Å². The second-order valence-electron chi connectivity index (χ2n) is 4.04. The highest BCUT2D eigenvalue weighted by molar-refractivity contribution is 6.11. The molecule has 3 rings (SSSR count). The SMILES string of the molecule is NC(=O)c1nc2c(C(=O)Nc3ncc[nH]3)cccc2[nH]1. The lowest BCUT2D eigenvalue weighted by molar-refractivity contribution is 0.0989. The molecular weight excluding hydrogens is 260 g/mol. The van der Waals surface area contributed by atoms with Crippen LogP contribution in [0.15, 0.2) is 30.6 Å². The van der Waals surface area contributed by atoms with Gasteiger partial charge in [-0.3, -0.25) is 14.9 Å². The summed E-state index contributed by atoms with van der Waals surface area (Å²) in [7, 11) is 0. The molecule has 0 saturated heterocycles. The van der Waals surface area contributed by atoms with Gasteiger partial charge in [-0.05, 0) is 12.1 Å². The Bertz CT molecular complexity index is 790. The molecule has 2 amide bonds. The molecule has 20 heavy (non-hydrogen) atoms. The van der Waals surface area contributed by atoms with Gasteiger partial charge in [0, 0.05) is 12.4 Å². The quantitative estimate of drug-likeness (QED) is 0.556. The highest BCUT2D eigenvalue weighted by Crippen LogP contribution is 2.17. The van der Waals surface area contributed by atoms with Crippen LogP contribution < -0.4 is 11.1 Å². The van der Waals surface area contributed by atoms with Gasteiger partial charge < -0.3 is 15.7 Å². The fourth-order valence-electron chi connectivity index (χ4n) is 1.84. The first kappa shape index (κ1) is 11.9. The van der Waals surface area contributed by atoms with E-state index in [1.807, 2.05) is 0 Å². The third-order valence-corrected chi connectivity index (χ3v) is 2.72. The Morgan fingerprint density at radius 1 is 1.30 bits per heavy atom. The van der Waals surface area contributed by atoms with E-state index in [4.69, 9.17) is 5.73 Å². The summed E-state index contributed by atoms with van der Waals surface area (Å²) < 4.78 is 0. The van der Waals surface area contributed by atoms with Crippen LogP contribution in [-0.4, -0.2) is 31.8 Å². The minimum Gasteiger partial charge on any atom is -0.363 e. The normalized spacial score (nSPS) is 10.6. The molecule has 2 aromatic heterocycles. The minimum absolute atomic E-state index is 0.0123. The molecular formula is C12H10N6O2. The molecule has 100 valence electrons. The van der Waals surface area contributed by atoms with Gasteiger partial charge in [-0.2, -0.15) is 0 Å². The summed E-state index contributed by atoms with van der Waals surface area (Å²) in [5.74, 6) is -0.720. The summed E-state index contributed by atoms with van der Waals surface area (Å²) in [5.41, 5.74) is 6.43. The second kappa shape index (κ2) is 4.50. The van der Waals surface area contributed by atoms with E-state index in [-0.39, 0.29) is 11.7 Å². The van der Waals surface area contributed by atoms with E-state index >= 15 is 0 Å². The molecule has 0 atom stereocenters. The van der Waals surface area contributed by atoms with Gasteiger partial charge in [0.25, 0.3) is 11.8 Å². The zero-order chi connectivity index (χ0) is 14.1. The number of hydrogen-bond acceptors (Lipinski definition) is 4. The van der Waals surface area contributed by atoms with Crippen molar-refractivity contribution in [2.24, 2.45) is 5.73 Å². The molecule has 0 aliphatic carbocycles. The van der Waals surface area contributed by atoms with E-state index in [2.05, 4.69) is 25.3 Å². The molecule has 1 aromatic carbocycles. The molecule has 8 heteroatoms. The topological polar surface area (TPSA) is 130 Å². The predicted molar refractivity (Wildman–Crippen MR) is 71.2 cm³/mol. The first-order valence-corrected chi connectivity index (χ1v) is 5.74. The molecule has 0 bridgehead atoms. The highest BCUT2D eigenvalue weighted by atomic mass is 16.2. The molecule has 0 spiro atoms. The number of nitrogens with two attached hydrogens (primary N) is 1. The van der Waals surface area contributed by atoms with Gasteiger partial charge in [0.15, 0.2) is 5.82 Å². The van der Waals surface area contributed by atoms with Crippen LogP contribution >= 0.6 is 0 Å². The van der Waals surface area contributed by atoms with Crippen LogP contribution in [0.5, 0.6) is 0 Å². The summed E-state index contributed by atoms with van der Waals surface area (Å²) in [5, 5.41) is 2.59. The number of rotatable bonds is 3. The lowest BCUT2D eigenvalue weighted by Crippen LogP contribution is -2.14. The molecule has 5 N–H and O–H groups in total. The van der Waals surface area contributed by atoms with Gasteiger partial charge >= 0.3 is 0 Å². The van der Waals surface area contributed by atoms with Crippen LogP contribution in [0.1, 0.15) is 21.0 Å². The van der Waals surface area contributed by atoms with Crippen molar-refractivity contribution in [3.63, 3.8) is 0 Å². The van der Waals surface area contributed by atoms with E-state index in [1.54, 1.807) is 24.4 Å². The van der Waals surface area contributed by atoms with Gasteiger partial charge in [0.05, 0.1) is 11.1 Å². The number of carbonyl (C=O) groups is 2. The Morgan fingerprint density at radius 3 is 2.85 bits per heavy atom. The van der Waals surface area contributed by atoms with E-state index in [0.717, 1.165) is 0 Å². The summed E-state index contributed by atoms with van der Waals surface area (Å²) in [6.07, 6.45) is 3.12. The number of aromatic amines is 2. The standard InChI is InChI=1S/C12H10N6O2/c13-9(19)10-16-7-3-1-2-6(8(7)17-10)11(20)18-12-14-4-5-15-12/h1-5H,(H2,13,19)(H,16,17)(H2,14,15,18,20). The van der Waals surface area contributed by atoms with Gasteiger partial charge in [0.1, 0.15) is 5.52 Å². The van der Waals surface area contributed by atoms with Crippen molar-refractivity contribution < 1.29 is 9.59 Å². The summed E-state index contributed by atoms with van der Waals surface area (Å²) >= 11 is 0. The van der Waals surface area contributed by atoms with Crippen LogP contribution in [0.25, 0.3) is 11.0 Å². The number of para-hydroxylation sites is 1. The first-order valence-electron chi connectivity index (χ1n) is 5.74. The summed E-state index contributed by atoms with van der Waals surface area (Å²) in [6, 6.07) is 4.99. The summed E-state index contributed by atoms with van der Waals surface area (Å²) in [6.45, 7) is 0. The Hall–Kier alpha value is -3.16. The third kappa shape index (κ3) is 1.99. The Morgan fingerprint density at radius 2 is 2.15 bits per heavy atom. The van der Waals surface area contributed by atoms with E-state index in [1.165, 1.54) is 6.20 Å². The van der Waals surface area contributed by atoms with E-state index in [0.29, 0.717) is 22.5 Å². The zero-order valence-electron chi connectivity index (χ0n) is 10.2. The minimum atomic E-state index is -0.682. The van der Waals surface area contributed by atoms with Crippen molar-refractivity contribution in [3.05, 3.63) is 42.0 Å². The number of imidazole rings is 2. The largest absolute Gasteiger partial charge is 0.363 e. The van der Waals surface area contributed by atoms with Crippen molar-refractivity contribution in [1.82, 2.24) is 19.9 Å². The van der Waals surface area contributed by atoms with Crippen LogP contribution in [-0.2, 0) is 0 Å². The van der Waals surface area contributed by atoms with Crippen molar-refractivity contribution in [2.75, 3.05) is 5.32 Å². The number of H-pyrrole nitrogens is 2. The Kier molecular flexibility index (Phi) is 2.68. The van der Waals surface area contributed by atoms with E-state index < -0.39 is 5.91 Å². The number of benzene rings is 1. The first-order chi connectivity index (χ1) is 9.65. The van der Waals surface area contributed by atoms with Crippen LogP contribution in [0.4, 0.5) is 5.95 Å². The number of amides is 2. The van der Waals surface area contributed by atoms with Crippen LogP contribution in [0, 0.1) is 0 Å².